The van der Waals surface area contributed by atoms with Crippen LogP contribution in [0.1, 0.15) is 44.2 Å². The van der Waals surface area contributed by atoms with Crippen LogP contribution in [0.3, 0.4) is 0 Å². The highest BCUT2D eigenvalue weighted by atomic mass is 32.2. The molecule has 2 N–H and O–H groups in total. The molecule has 1 aromatic carbocycles. The number of carbonyl (C=O) groups excluding carboxylic acids is 1. The molecule has 1 unspecified atom stereocenters. The Morgan fingerprint density at radius 1 is 1.14 bits per heavy atom. The average molecular weight is 536 g/mol. The Kier molecular flexibility index (Phi) is 7.20. The number of piperidine rings is 1. The highest BCUT2D eigenvalue weighted by molar-refractivity contribution is 8.01. The highest BCUT2D eigenvalue weighted by Gasteiger charge is 2.55. The van der Waals surface area contributed by atoms with Gasteiger partial charge in [-0.15, -0.1) is 11.3 Å². The number of nitrogens with zero attached hydrogens (tertiary/aromatic N) is 3. The Morgan fingerprint density at radius 3 is 2.51 bits per heavy atom. The molecule has 0 amide bonds. The number of thiazole rings is 1. The lowest BCUT2D eigenvalue weighted by atomic mass is 9.88. The third kappa shape index (κ3) is 5.02. The molecule has 0 aliphatic carbocycles. The number of hydrogen-bond acceptors (Lipinski definition) is 9. The van der Waals surface area contributed by atoms with Gasteiger partial charge in [0.2, 0.25) is 0 Å². The number of aldehydes is 1. The lowest BCUT2D eigenvalue weighted by molar-refractivity contribution is -0.117. The van der Waals surface area contributed by atoms with Gasteiger partial charge in [-0.3, -0.25) is 4.90 Å². The first-order chi connectivity index (χ1) is 18.1. The van der Waals surface area contributed by atoms with Gasteiger partial charge >= 0.3 is 0 Å². The molecule has 1 atom stereocenters. The molecule has 3 fully saturated rings. The fourth-order valence-electron chi connectivity index (χ4n) is 6.22. The number of carbonyl (C=O) groups is 1. The number of fused-ring (bicyclic) bond motifs is 2. The van der Waals surface area contributed by atoms with Crippen molar-refractivity contribution in [3.63, 3.8) is 0 Å². The Labute approximate surface area is 226 Å². The predicted octanol–water partition coefficient (Wildman–Crippen LogP) is 6.00. The summed E-state index contributed by atoms with van der Waals surface area (Å²) >= 11 is 3.22. The summed E-state index contributed by atoms with van der Waals surface area (Å²) in [6, 6.07) is 12.8. The monoisotopic (exact) mass is 535 g/mol. The van der Waals surface area contributed by atoms with Gasteiger partial charge in [0.25, 0.3) is 0 Å². The van der Waals surface area contributed by atoms with E-state index in [1.807, 2.05) is 54.9 Å². The fraction of sp³-hybridized carbons (Fsp3) is 0.464. The summed E-state index contributed by atoms with van der Waals surface area (Å²) in [4.78, 5) is 25.4. The topological polar surface area (TPSA) is 79.4 Å². The molecular weight excluding hydrogens is 502 g/mol. The van der Waals surface area contributed by atoms with Crippen molar-refractivity contribution in [2.24, 2.45) is 5.92 Å². The third-order valence-corrected chi connectivity index (χ3v) is 10.2. The van der Waals surface area contributed by atoms with Crippen molar-refractivity contribution in [3.8, 4) is 11.5 Å². The lowest BCUT2D eigenvalue weighted by Crippen LogP contribution is -2.57. The van der Waals surface area contributed by atoms with E-state index in [9.17, 15) is 4.79 Å². The van der Waals surface area contributed by atoms with E-state index in [2.05, 4.69) is 20.5 Å². The second-order valence-corrected chi connectivity index (χ2v) is 12.4. The Bertz CT molecular complexity index is 1210. The van der Waals surface area contributed by atoms with Gasteiger partial charge in [0, 0.05) is 28.6 Å². The number of aromatic nitrogens is 2. The molecule has 37 heavy (non-hydrogen) atoms. The molecule has 2 aromatic heterocycles. The SMILES string of the molecule is Cc1csc(Nc2ncc(SC(C=O)(C3CCNCC3)N3C4CCC3CC4)cc2Oc2ccccc2)n1. The van der Waals surface area contributed by atoms with Gasteiger partial charge < -0.3 is 20.2 Å². The second kappa shape index (κ2) is 10.7. The molecule has 0 spiro atoms. The van der Waals surface area contributed by atoms with Crippen LogP contribution in [0.25, 0.3) is 0 Å². The van der Waals surface area contributed by atoms with Crippen LogP contribution >= 0.6 is 23.1 Å². The third-order valence-electron chi connectivity index (χ3n) is 7.87. The highest BCUT2D eigenvalue weighted by Crippen LogP contribution is 2.53. The number of benzene rings is 1. The lowest BCUT2D eigenvalue weighted by Gasteiger charge is -2.46. The number of rotatable bonds is 9. The molecule has 6 rings (SSSR count). The summed E-state index contributed by atoms with van der Waals surface area (Å²) in [5, 5.41) is 9.60. The van der Waals surface area contributed by atoms with Crippen LogP contribution in [0.2, 0.25) is 0 Å². The summed E-state index contributed by atoms with van der Waals surface area (Å²) in [5.41, 5.74) is 0.961. The van der Waals surface area contributed by atoms with E-state index in [-0.39, 0.29) is 0 Å². The van der Waals surface area contributed by atoms with Gasteiger partial charge in [-0.05, 0) is 82.7 Å². The summed E-state index contributed by atoms with van der Waals surface area (Å²) in [6.07, 6.45) is 9.93. The van der Waals surface area contributed by atoms with E-state index in [0.717, 1.165) is 47.4 Å². The van der Waals surface area contributed by atoms with Crippen LogP contribution in [0, 0.1) is 12.8 Å². The molecule has 9 heteroatoms. The summed E-state index contributed by atoms with van der Waals surface area (Å²) < 4.78 is 6.33. The standard InChI is InChI=1S/C28H33N5O2S2/c1-19-17-36-27(31-19)32-26-25(35-23-5-3-2-4-6-23)15-24(16-30-26)37-28(18-34,20-11-13-29-14-12-20)33-21-7-8-22(33)10-9-21/h2-6,15-18,20-22,29H,7-14H2,1H3,(H,30,31,32). The molecule has 194 valence electrons. The smallest absolute Gasteiger partial charge is 0.188 e. The van der Waals surface area contributed by atoms with Crippen LogP contribution in [0.4, 0.5) is 10.9 Å². The largest absolute Gasteiger partial charge is 0.453 e. The quantitative estimate of drug-likeness (QED) is 0.255. The fourth-order valence-corrected chi connectivity index (χ4v) is 8.41. The molecule has 0 radical (unpaired) electrons. The first kappa shape index (κ1) is 24.9. The van der Waals surface area contributed by atoms with E-state index in [1.165, 1.54) is 43.3 Å². The number of thioether (sulfide) groups is 1. The van der Waals surface area contributed by atoms with Crippen molar-refractivity contribution in [1.29, 1.82) is 0 Å². The second-order valence-electron chi connectivity index (χ2n) is 10.2. The van der Waals surface area contributed by atoms with Crippen molar-refractivity contribution in [2.45, 2.75) is 67.3 Å². The van der Waals surface area contributed by atoms with Crippen molar-refractivity contribution in [3.05, 3.63) is 53.7 Å². The average Bonchev–Trinajstić information content (AvgIpc) is 3.66. The van der Waals surface area contributed by atoms with Crippen LogP contribution in [0.5, 0.6) is 11.5 Å². The minimum atomic E-state index is -0.586. The zero-order valence-electron chi connectivity index (χ0n) is 21.1. The molecule has 3 aromatic rings. The van der Waals surface area contributed by atoms with Crippen LogP contribution < -0.4 is 15.4 Å². The van der Waals surface area contributed by atoms with E-state index in [4.69, 9.17) is 9.72 Å². The van der Waals surface area contributed by atoms with E-state index in [0.29, 0.717) is 29.6 Å². The normalized spacial score (nSPS) is 23.6. The Morgan fingerprint density at radius 2 is 1.86 bits per heavy atom. The minimum absolute atomic E-state index is 0.298. The Hall–Kier alpha value is -2.46. The van der Waals surface area contributed by atoms with E-state index in [1.54, 1.807) is 11.8 Å². The number of aryl methyl sites for hydroxylation is 1. The van der Waals surface area contributed by atoms with Gasteiger partial charge in [-0.2, -0.15) is 0 Å². The molecular formula is C28H33N5O2S2. The number of nitrogens with one attached hydrogen (secondary N) is 2. The first-order valence-corrected chi connectivity index (χ1v) is 14.9. The molecule has 5 heterocycles. The zero-order valence-corrected chi connectivity index (χ0v) is 22.7. The van der Waals surface area contributed by atoms with Crippen molar-refractivity contribution in [2.75, 3.05) is 18.4 Å². The van der Waals surface area contributed by atoms with Crippen LogP contribution in [-0.4, -0.2) is 51.2 Å². The van der Waals surface area contributed by atoms with Gasteiger partial charge in [0.1, 0.15) is 10.6 Å². The number of para-hydroxylation sites is 1. The molecule has 3 aliphatic rings. The van der Waals surface area contributed by atoms with Gasteiger partial charge in [0.05, 0.1) is 5.69 Å². The number of ether oxygens (including phenoxy) is 1. The molecule has 3 saturated heterocycles. The first-order valence-electron chi connectivity index (χ1n) is 13.2. The summed E-state index contributed by atoms with van der Waals surface area (Å²) in [5.74, 6) is 2.27. The number of anilines is 2. The van der Waals surface area contributed by atoms with Gasteiger partial charge in [-0.1, -0.05) is 30.0 Å². The Balaban J connectivity index is 1.36. The molecule has 0 saturated carbocycles. The number of hydrogen-bond donors (Lipinski definition) is 2. The maximum absolute atomic E-state index is 13.2. The van der Waals surface area contributed by atoms with E-state index >= 15 is 0 Å². The van der Waals surface area contributed by atoms with Gasteiger partial charge in [-0.25, -0.2) is 9.97 Å². The van der Waals surface area contributed by atoms with Crippen molar-refractivity contribution < 1.29 is 9.53 Å². The van der Waals surface area contributed by atoms with Gasteiger partial charge in [0.15, 0.2) is 23.0 Å². The van der Waals surface area contributed by atoms with Crippen LogP contribution in [-0.2, 0) is 4.79 Å². The summed E-state index contributed by atoms with van der Waals surface area (Å²) in [6.45, 7) is 3.89. The minimum Gasteiger partial charge on any atom is -0.453 e. The predicted molar refractivity (Wildman–Crippen MR) is 149 cm³/mol. The van der Waals surface area contributed by atoms with Crippen molar-refractivity contribution >= 4 is 40.3 Å². The molecule has 2 bridgehead atoms. The van der Waals surface area contributed by atoms with Crippen molar-refractivity contribution in [1.82, 2.24) is 20.2 Å². The van der Waals surface area contributed by atoms with E-state index < -0.39 is 4.87 Å². The maximum Gasteiger partial charge on any atom is 0.188 e. The van der Waals surface area contributed by atoms with Crippen LogP contribution in [0.15, 0.2) is 52.9 Å². The summed E-state index contributed by atoms with van der Waals surface area (Å²) in [7, 11) is 0. The zero-order chi connectivity index (χ0) is 25.2. The number of pyridine rings is 1. The maximum atomic E-state index is 13.2. The molecule has 7 nitrogen and oxygen atoms in total. The molecule has 3 aliphatic heterocycles.